The molecule has 0 spiro atoms. The Bertz CT molecular complexity index is 1460. The predicted molar refractivity (Wildman–Crippen MR) is 166 cm³/mol. The molecule has 0 aromatic heterocycles. The molecule has 1 atom stereocenters. The number of ether oxygens (including phenoxy) is 4. The molecule has 0 heterocycles. The van der Waals surface area contributed by atoms with E-state index in [9.17, 15) is 5.26 Å². The van der Waals surface area contributed by atoms with E-state index < -0.39 is 6.04 Å². The maximum atomic E-state index is 10.1. The number of nitrogens with zero attached hydrogens (tertiary/aromatic N) is 1. The smallest absolute Gasteiger partial charge is 0.146 e. The summed E-state index contributed by atoms with van der Waals surface area (Å²) in [5, 5.41) is 10.1. The summed E-state index contributed by atoms with van der Waals surface area (Å²) in [4.78, 5) is 0. The number of nitriles is 1. The van der Waals surface area contributed by atoms with E-state index >= 15 is 0 Å². The fraction of sp³-hybridized carbons (Fsp3) is 0.306. The maximum Gasteiger partial charge on any atom is 0.146 e. The first-order valence-corrected chi connectivity index (χ1v) is 14.4. The van der Waals surface area contributed by atoms with Gasteiger partial charge in [0.05, 0.1) is 30.4 Å². The molecule has 4 aromatic carbocycles. The van der Waals surface area contributed by atoms with Crippen molar-refractivity contribution in [3.8, 4) is 29.1 Å². The Kier molecular flexibility index (Phi) is 10.9. The van der Waals surface area contributed by atoms with Crippen LogP contribution in [0.4, 0.5) is 0 Å². The van der Waals surface area contributed by atoms with Crippen LogP contribution in [0.1, 0.15) is 61.6 Å². The first-order chi connectivity index (χ1) is 20.4. The fourth-order valence-electron chi connectivity index (χ4n) is 4.37. The molecule has 4 aromatic rings. The van der Waals surface area contributed by atoms with E-state index in [2.05, 4.69) is 33.8 Å². The lowest BCUT2D eigenvalue weighted by atomic mass is 9.94. The molecule has 4 rings (SSSR count). The lowest BCUT2D eigenvalue weighted by molar-refractivity contribution is 0.259. The Labute approximate surface area is 249 Å². The van der Waals surface area contributed by atoms with Gasteiger partial charge in [-0.1, -0.05) is 88.4 Å². The zero-order chi connectivity index (χ0) is 29.9. The van der Waals surface area contributed by atoms with Gasteiger partial charge in [0.15, 0.2) is 0 Å². The molecule has 0 saturated carbocycles. The quantitative estimate of drug-likeness (QED) is 0.168. The van der Waals surface area contributed by atoms with Gasteiger partial charge in [-0.25, -0.2) is 0 Å². The average molecular weight is 565 g/mol. The Morgan fingerprint density at radius 1 is 0.667 bits per heavy atom. The van der Waals surface area contributed by atoms with Crippen LogP contribution in [0.15, 0.2) is 91.0 Å². The molecule has 0 aliphatic carbocycles. The van der Waals surface area contributed by atoms with Crippen molar-refractivity contribution in [2.45, 2.75) is 47.0 Å². The molecule has 0 aliphatic rings. The van der Waals surface area contributed by atoms with Crippen molar-refractivity contribution >= 4 is 0 Å². The van der Waals surface area contributed by atoms with Crippen molar-refractivity contribution in [3.63, 3.8) is 0 Å². The summed E-state index contributed by atoms with van der Waals surface area (Å²) in [5.41, 5.74) is 10.8. The molecule has 42 heavy (non-hydrogen) atoms. The largest absolute Gasteiger partial charge is 0.493 e. The minimum absolute atomic E-state index is 0.280. The van der Waals surface area contributed by atoms with Crippen molar-refractivity contribution in [1.29, 1.82) is 5.26 Å². The van der Waals surface area contributed by atoms with Crippen LogP contribution in [0.2, 0.25) is 0 Å². The molecular weight excluding hydrogens is 524 g/mol. The average Bonchev–Trinajstić information content (AvgIpc) is 3.01. The molecule has 2 N–H and O–H groups in total. The van der Waals surface area contributed by atoms with Gasteiger partial charge in [0.2, 0.25) is 0 Å². The van der Waals surface area contributed by atoms with Crippen molar-refractivity contribution < 1.29 is 18.9 Å². The van der Waals surface area contributed by atoms with E-state index in [0.29, 0.717) is 65.8 Å². The number of benzene rings is 4. The molecule has 6 nitrogen and oxygen atoms in total. The van der Waals surface area contributed by atoms with Gasteiger partial charge in [-0.05, 0) is 47.2 Å². The van der Waals surface area contributed by atoms with E-state index in [1.807, 2.05) is 78.9 Å². The number of hydrogen-bond donors (Lipinski definition) is 1. The topological polar surface area (TPSA) is 86.7 Å². The molecule has 0 saturated heterocycles. The summed E-state index contributed by atoms with van der Waals surface area (Å²) in [5.74, 6) is 2.95. The highest BCUT2D eigenvalue weighted by Crippen LogP contribution is 2.42. The monoisotopic (exact) mass is 564 g/mol. The van der Waals surface area contributed by atoms with E-state index in [1.54, 1.807) is 12.1 Å². The Balaban J connectivity index is 1.77. The second-order valence-electron chi connectivity index (χ2n) is 11.1. The lowest BCUT2D eigenvalue weighted by Crippen LogP contribution is -2.18. The van der Waals surface area contributed by atoms with Crippen molar-refractivity contribution in [2.75, 3.05) is 13.2 Å². The van der Waals surface area contributed by atoms with E-state index in [-0.39, 0.29) is 6.61 Å². The molecule has 6 heteroatoms. The van der Waals surface area contributed by atoms with Gasteiger partial charge in [-0.3, -0.25) is 0 Å². The van der Waals surface area contributed by atoms with E-state index in [1.165, 1.54) is 0 Å². The molecule has 0 aliphatic heterocycles. The minimum atomic E-state index is -0.712. The van der Waals surface area contributed by atoms with Gasteiger partial charge >= 0.3 is 0 Å². The van der Waals surface area contributed by atoms with Crippen LogP contribution in [0.25, 0.3) is 0 Å². The van der Waals surface area contributed by atoms with Gasteiger partial charge in [-0.15, -0.1) is 0 Å². The van der Waals surface area contributed by atoms with E-state index in [4.69, 9.17) is 24.7 Å². The first kappa shape index (κ1) is 30.5. The van der Waals surface area contributed by atoms with Crippen LogP contribution >= 0.6 is 0 Å². The van der Waals surface area contributed by atoms with Gasteiger partial charge in [0.25, 0.3) is 0 Å². The molecule has 0 amide bonds. The summed E-state index contributed by atoms with van der Waals surface area (Å²) in [6.07, 6.45) is 0. The standard InChI is InChI=1S/C36H40N2O4/c1-25(2)21-39-30-16-17-31(33(19-30)41-23-27-11-7-5-8-12-27)35(38)34-32(40-22-26(3)4)18-15-29(20-37)36(34)42-24-28-13-9-6-10-14-28/h5-19,25-26,35H,21-24,38H2,1-4H3. The highest BCUT2D eigenvalue weighted by molar-refractivity contribution is 5.60. The highest BCUT2D eigenvalue weighted by Gasteiger charge is 2.26. The van der Waals surface area contributed by atoms with Crippen LogP contribution in [0.3, 0.4) is 0 Å². The summed E-state index contributed by atoms with van der Waals surface area (Å²) < 4.78 is 25.0. The SMILES string of the molecule is CC(C)COc1ccc(C(N)c2c(OCC(C)C)ccc(C#N)c2OCc2ccccc2)c(OCc2ccccc2)c1. The van der Waals surface area contributed by atoms with Crippen LogP contribution in [0.5, 0.6) is 23.0 Å². The van der Waals surface area contributed by atoms with Gasteiger partial charge < -0.3 is 24.7 Å². The fourth-order valence-corrected chi connectivity index (χ4v) is 4.37. The third kappa shape index (κ3) is 8.28. The van der Waals surface area contributed by atoms with Crippen LogP contribution in [-0.4, -0.2) is 13.2 Å². The van der Waals surface area contributed by atoms with Gasteiger partial charge in [-0.2, -0.15) is 5.26 Å². The van der Waals surface area contributed by atoms with Crippen molar-refractivity contribution in [3.05, 3.63) is 119 Å². The minimum Gasteiger partial charge on any atom is -0.493 e. The highest BCUT2D eigenvalue weighted by atomic mass is 16.5. The third-order valence-corrected chi connectivity index (χ3v) is 6.53. The zero-order valence-electron chi connectivity index (χ0n) is 24.9. The predicted octanol–water partition coefficient (Wildman–Crippen LogP) is 7.83. The number of rotatable bonds is 14. The zero-order valence-corrected chi connectivity index (χ0v) is 24.9. The summed E-state index contributed by atoms with van der Waals surface area (Å²) in [6.45, 7) is 10.1. The Hall–Kier alpha value is -4.47. The summed E-state index contributed by atoms with van der Waals surface area (Å²) >= 11 is 0. The van der Waals surface area contributed by atoms with Gasteiger partial charge in [0, 0.05) is 11.6 Å². The second-order valence-corrected chi connectivity index (χ2v) is 11.1. The third-order valence-electron chi connectivity index (χ3n) is 6.53. The molecule has 0 fully saturated rings. The molecule has 218 valence electrons. The van der Waals surface area contributed by atoms with Crippen molar-refractivity contribution in [1.82, 2.24) is 0 Å². The Morgan fingerprint density at radius 2 is 1.26 bits per heavy atom. The molecule has 0 bridgehead atoms. The Morgan fingerprint density at radius 3 is 1.86 bits per heavy atom. The van der Waals surface area contributed by atoms with Crippen LogP contribution in [0, 0.1) is 23.2 Å². The second kappa shape index (κ2) is 15.0. The normalized spacial score (nSPS) is 11.7. The molecule has 1 unspecified atom stereocenters. The summed E-state index contributed by atoms with van der Waals surface area (Å²) in [7, 11) is 0. The number of nitrogens with two attached hydrogens (primary N) is 1. The van der Waals surface area contributed by atoms with E-state index in [0.717, 1.165) is 16.7 Å². The maximum absolute atomic E-state index is 10.1. The molecular formula is C36H40N2O4. The number of hydrogen-bond acceptors (Lipinski definition) is 6. The lowest BCUT2D eigenvalue weighted by Gasteiger charge is -2.24. The van der Waals surface area contributed by atoms with Crippen LogP contribution in [-0.2, 0) is 13.2 Å². The summed E-state index contributed by atoms with van der Waals surface area (Å²) in [6, 6.07) is 30.6. The van der Waals surface area contributed by atoms with Gasteiger partial charge in [0.1, 0.15) is 42.3 Å². The first-order valence-electron chi connectivity index (χ1n) is 14.4. The molecule has 0 radical (unpaired) electrons. The van der Waals surface area contributed by atoms with Crippen molar-refractivity contribution in [2.24, 2.45) is 17.6 Å². The van der Waals surface area contributed by atoms with Crippen LogP contribution < -0.4 is 24.7 Å².